The molecule has 0 aliphatic rings. The maximum atomic E-state index is 9.80. The lowest BCUT2D eigenvalue weighted by Crippen LogP contribution is -2.19. The fourth-order valence-corrected chi connectivity index (χ4v) is 4.20. The zero-order valence-electron chi connectivity index (χ0n) is 23.3. The van der Waals surface area contributed by atoms with E-state index in [0.29, 0.717) is 17.0 Å². The van der Waals surface area contributed by atoms with Crippen molar-refractivity contribution in [1.29, 1.82) is 10.5 Å². The number of hydrogen-bond donors (Lipinski definition) is 0. The van der Waals surface area contributed by atoms with Gasteiger partial charge in [0, 0.05) is 38.6 Å². The minimum atomic E-state index is 0.543. The van der Waals surface area contributed by atoms with E-state index in [4.69, 9.17) is 0 Å². The Morgan fingerprint density at radius 3 is 1.47 bits per heavy atom. The summed E-state index contributed by atoms with van der Waals surface area (Å²) < 4.78 is 0. The van der Waals surface area contributed by atoms with Gasteiger partial charge < -0.3 is 9.80 Å². The van der Waals surface area contributed by atoms with Gasteiger partial charge in [0.25, 0.3) is 0 Å². The fourth-order valence-electron chi connectivity index (χ4n) is 4.20. The zero-order valence-corrected chi connectivity index (χ0v) is 23.3. The molecule has 3 aromatic rings. The lowest BCUT2D eigenvalue weighted by Gasteiger charge is -2.20. The Hall–Kier alpha value is -4.28. The Labute approximate surface area is 228 Å². The van der Waals surface area contributed by atoms with Crippen molar-refractivity contribution in [2.45, 2.75) is 33.6 Å². The molecule has 0 bridgehead atoms. The van der Waals surface area contributed by atoms with Crippen LogP contribution in [0.25, 0.3) is 24.3 Å². The molecule has 194 valence electrons. The van der Waals surface area contributed by atoms with E-state index in [-0.39, 0.29) is 0 Å². The summed E-state index contributed by atoms with van der Waals surface area (Å²) in [5, 5.41) is 19.6. The van der Waals surface area contributed by atoms with Gasteiger partial charge in [0.2, 0.25) is 0 Å². The summed E-state index contributed by atoms with van der Waals surface area (Å²) in [6, 6.07) is 24.9. The van der Waals surface area contributed by atoms with Gasteiger partial charge in [-0.15, -0.1) is 0 Å². The van der Waals surface area contributed by atoms with Gasteiger partial charge in [0.15, 0.2) is 0 Å². The second-order valence-corrected chi connectivity index (χ2v) is 10.1. The number of hydrogen-bond acceptors (Lipinski definition) is 4. The molecule has 0 aromatic heterocycles. The zero-order chi connectivity index (χ0) is 27.5. The average molecular weight is 503 g/mol. The van der Waals surface area contributed by atoms with Gasteiger partial charge in [-0.25, -0.2) is 0 Å². The molecule has 0 saturated carbocycles. The molecule has 4 heteroatoms. The maximum Gasteiger partial charge on any atom is 0.0998 e. The number of nitriles is 2. The molecule has 38 heavy (non-hydrogen) atoms. The predicted octanol–water partition coefficient (Wildman–Crippen LogP) is 8.10. The second kappa shape index (κ2) is 13.9. The summed E-state index contributed by atoms with van der Waals surface area (Å²) >= 11 is 0. The van der Waals surface area contributed by atoms with Gasteiger partial charge >= 0.3 is 0 Å². The molecule has 0 saturated heterocycles. The molecule has 0 heterocycles. The quantitative estimate of drug-likeness (QED) is 0.249. The van der Waals surface area contributed by atoms with Crippen LogP contribution in [0, 0.1) is 28.6 Å². The summed E-state index contributed by atoms with van der Waals surface area (Å²) in [7, 11) is 4.21. The Balaban J connectivity index is 1.77. The fraction of sp³-hybridized carbons (Fsp3) is 0.294. The second-order valence-electron chi connectivity index (χ2n) is 10.1. The Kier molecular flexibility index (Phi) is 10.3. The van der Waals surface area contributed by atoms with Crippen molar-refractivity contribution in [1.82, 2.24) is 0 Å². The third-order valence-corrected chi connectivity index (χ3v) is 6.64. The highest BCUT2D eigenvalue weighted by atomic mass is 15.1. The summed E-state index contributed by atoms with van der Waals surface area (Å²) in [6.07, 6.45) is 10.1. The topological polar surface area (TPSA) is 54.1 Å². The maximum absolute atomic E-state index is 9.80. The van der Waals surface area contributed by atoms with Crippen LogP contribution in [0.15, 0.2) is 60.7 Å². The first kappa shape index (κ1) is 28.3. The lowest BCUT2D eigenvalue weighted by atomic mass is 9.97. The van der Waals surface area contributed by atoms with E-state index in [1.807, 2.05) is 24.3 Å². The van der Waals surface area contributed by atoms with Crippen molar-refractivity contribution in [3.63, 3.8) is 0 Å². The summed E-state index contributed by atoms with van der Waals surface area (Å²) in [4.78, 5) is 4.50. The first-order chi connectivity index (χ1) is 18.3. The Morgan fingerprint density at radius 1 is 0.684 bits per heavy atom. The van der Waals surface area contributed by atoms with Crippen LogP contribution < -0.4 is 9.80 Å². The van der Waals surface area contributed by atoms with Crippen LogP contribution in [0.2, 0.25) is 0 Å². The Morgan fingerprint density at radius 2 is 1.11 bits per heavy atom. The lowest BCUT2D eigenvalue weighted by molar-refractivity contribution is 0.585. The SMILES string of the molecule is CCCN(C)c1ccc(/C=C/c2cc(C#N)c(/C=C/c3ccc(N(C)CCC(C)C)cc3)cc2C#N)cc1. The number of nitrogens with zero attached hydrogens (tertiary/aromatic N) is 4. The Bertz CT molecular complexity index is 1330. The standard InChI is InChI=1S/C34H38N4/c1-6-20-37(4)33-15-9-27(10-16-33)7-13-29-22-32(25-36)30(23-31(29)24-35)14-8-28-11-17-34(18-12-28)38(5)21-19-26(2)3/h7-18,22-23,26H,6,19-21H2,1-5H3/b13-7+,14-8+. The monoisotopic (exact) mass is 502 g/mol. The number of anilines is 2. The van der Waals surface area contributed by atoms with Crippen LogP contribution in [0.5, 0.6) is 0 Å². The molecule has 0 fully saturated rings. The summed E-state index contributed by atoms with van der Waals surface area (Å²) in [5.41, 5.74) is 7.02. The summed E-state index contributed by atoms with van der Waals surface area (Å²) in [6.45, 7) is 8.69. The minimum Gasteiger partial charge on any atom is -0.375 e. The van der Waals surface area contributed by atoms with Crippen molar-refractivity contribution in [3.05, 3.63) is 94.0 Å². The normalized spacial score (nSPS) is 11.2. The van der Waals surface area contributed by atoms with Crippen molar-refractivity contribution in [3.8, 4) is 12.1 Å². The molecule has 0 N–H and O–H groups in total. The molecule has 0 atom stereocenters. The summed E-state index contributed by atoms with van der Waals surface area (Å²) in [5.74, 6) is 0.679. The van der Waals surface area contributed by atoms with Crippen molar-refractivity contribution < 1.29 is 0 Å². The van der Waals surface area contributed by atoms with E-state index in [1.54, 1.807) is 12.1 Å². The van der Waals surface area contributed by atoms with Crippen LogP contribution in [-0.2, 0) is 0 Å². The first-order valence-corrected chi connectivity index (χ1v) is 13.3. The molecule has 0 spiro atoms. The van der Waals surface area contributed by atoms with E-state index < -0.39 is 0 Å². The van der Waals surface area contributed by atoms with Crippen LogP contribution in [0.4, 0.5) is 11.4 Å². The van der Waals surface area contributed by atoms with E-state index in [9.17, 15) is 10.5 Å². The molecule has 0 amide bonds. The van der Waals surface area contributed by atoms with Gasteiger partial charge in [-0.2, -0.15) is 10.5 Å². The molecule has 0 radical (unpaired) electrons. The molecule has 3 aromatic carbocycles. The number of rotatable bonds is 11. The van der Waals surface area contributed by atoms with E-state index in [2.05, 4.69) is 105 Å². The smallest absolute Gasteiger partial charge is 0.0998 e. The van der Waals surface area contributed by atoms with Gasteiger partial charge in [0.1, 0.15) is 0 Å². The third-order valence-electron chi connectivity index (χ3n) is 6.64. The van der Waals surface area contributed by atoms with Crippen LogP contribution >= 0.6 is 0 Å². The number of benzene rings is 3. The molecule has 0 unspecified atom stereocenters. The van der Waals surface area contributed by atoms with Crippen molar-refractivity contribution in [2.24, 2.45) is 5.92 Å². The van der Waals surface area contributed by atoms with Crippen molar-refractivity contribution in [2.75, 3.05) is 37.0 Å². The molecular formula is C34H38N4. The molecule has 0 aliphatic heterocycles. The predicted molar refractivity (Wildman–Crippen MR) is 163 cm³/mol. The van der Waals surface area contributed by atoms with Crippen molar-refractivity contribution >= 4 is 35.7 Å². The van der Waals surface area contributed by atoms with Crippen LogP contribution in [0.3, 0.4) is 0 Å². The van der Waals surface area contributed by atoms with Crippen LogP contribution in [-0.4, -0.2) is 27.2 Å². The highest BCUT2D eigenvalue weighted by Gasteiger charge is 2.07. The van der Waals surface area contributed by atoms with Gasteiger partial charge in [-0.3, -0.25) is 0 Å². The van der Waals surface area contributed by atoms with Crippen LogP contribution in [0.1, 0.15) is 67.0 Å². The average Bonchev–Trinajstić information content (AvgIpc) is 2.94. The molecular weight excluding hydrogens is 464 g/mol. The van der Waals surface area contributed by atoms with E-state index in [1.165, 1.54) is 11.4 Å². The minimum absolute atomic E-state index is 0.543. The molecule has 0 aliphatic carbocycles. The largest absolute Gasteiger partial charge is 0.375 e. The molecule has 4 nitrogen and oxygen atoms in total. The highest BCUT2D eigenvalue weighted by Crippen LogP contribution is 2.23. The van der Waals surface area contributed by atoms with E-state index >= 15 is 0 Å². The van der Waals surface area contributed by atoms with Gasteiger partial charge in [-0.1, -0.05) is 69.3 Å². The van der Waals surface area contributed by atoms with Gasteiger partial charge in [-0.05, 0) is 77.4 Å². The van der Waals surface area contributed by atoms with E-state index in [0.717, 1.165) is 48.2 Å². The highest BCUT2D eigenvalue weighted by molar-refractivity contribution is 5.79. The first-order valence-electron chi connectivity index (χ1n) is 13.3. The molecule has 3 rings (SSSR count). The van der Waals surface area contributed by atoms with Gasteiger partial charge in [0.05, 0.1) is 23.3 Å². The third kappa shape index (κ3) is 7.86.